The van der Waals surface area contributed by atoms with Crippen molar-refractivity contribution in [2.45, 2.75) is 13.0 Å². The van der Waals surface area contributed by atoms with Gasteiger partial charge in [-0.1, -0.05) is 0 Å². The van der Waals surface area contributed by atoms with E-state index < -0.39 is 0 Å². The van der Waals surface area contributed by atoms with Crippen molar-refractivity contribution < 1.29 is 4.79 Å². The summed E-state index contributed by atoms with van der Waals surface area (Å²) in [6.07, 6.45) is 6.34. The highest BCUT2D eigenvalue weighted by molar-refractivity contribution is 5.94. The maximum Gasteiger partial charge on any atom is 0.251 e. The number of imidazole rings is 1. The van der Waals surface area contributed by atoms with Crippen LogP contribution in [-0.2, 0) is 6.54 Å². The second kappa shape index (κ2) is 6.75. The molecule has 0 saturated heterocycles. The lowest BCUT2D eigenvalue weighted by molar-refractivity contribution is 0.0953. The van der Waals surface area contributed by atoms with Gasteiger partial charge in [-0.2, -0.15) is 0 Å². The average molecular weight is 272 g/mol. The lowest BCUT2D eigenvalue weighted by Gasteiger charge is -2.12. The highest BCUT2D eigenvalue weighted by Gasteiger charge is 2.05. The third-order valence-corrected chi connectivity index (χ3v) is 3.08. The molecule has 0 bridgehead atoms. The number of carbonyl (C=O) groups excluding carboxylic acids is 1. The van der Waals surface area contributed by atoms with Crippen molar-refractivity contribution in [2.24, 2.45) is 0 Å². The Bertz CT molecular complexity index is 532. The van der Waals surface area contributed by atoms with Gasteiger partial charge in [-0.25, -0.2) is 4.98 Å². The van der Waals surface area contributed by atoms with Gasteiger partial charge in [0.05, 0.1) is 6.33 Å². The molecule has 1 N–H and O–H groups in total. The fourth-order valence-electron chi connectivity index (χ4n) is 1.90. The molecule has 1 aromatic heterocycles. The fraction of sp³-hybridized carbons (Fsp3) is 0.333. The first-order chi connectivity index (χ1) is 9.66. The molecule has 0 atom stereocenters. The number of aryl methyl sites for hydroxylation is 1. The predicted molar refractivity (Wildman–Crippen MR) is 79.9 cm³/mol. The molecule has 0 aliphatic carbocycles. The van der Waals surface area contributed by atoms with E-state index in [1.165, 1.54) is 0 Å². The Morgan fingerprint density at radius 2 is 2.05 bits per heavy atom. The topological polar surface area (TPSA) is 50.2 Å². The average Bonchev–Trinajstić information content (AvgIpc) is 2.96. The lowest BCUT2D eigenvalue weighted by atomic mass is 10.2. The number of anilines is 1. The van der Waals surface area contributed by atoms with Crippen LogP contribution in [0.15, 0.2) is 43.0 Å². The van der Waals surface area contributed by atoms with E-state index in [4.69, 9.17) is 0 Å². The molecule has 1 amide bonds. The molecule has 0 unspecified atom stereocenters. The maximum atomic E-state index is 11.9. The van der Waals surface area contributed by atoms with E-state index in [0.29, 0.717) is 12.1 Å². The van der Waals surface area contributed by atoms with Crippen LogP contribution in [-0.4, -0.2) is 36.1 Å². The van der Waals surface area contributed by atoms with Crippen molar-refractivity contribution in [2.75, 3.05) is 25.5 Å². The quantitative estimate of drug-likeness (QED) is 0.815. The van der Waals surface area contributed by atoms with Gasteiger partial charge in [-0.05, 0) is 30.7 Å². The molecule has 5 nitrogen and oxygen atoms in total. The van der Waals surface area contributed by atoms with Crippen molar-refractivity contribution in [3.05, 3.63) is 48.5 Å². The highest BCUT2D eigenvalue weighted by Crippen LogP contribution is 2.11. The van der Waals surface area contributed by atoms with E-state index in [-0.39, 0.29) is 5.91 Å². The van der Waals surface area contributed by atoms with Gasteiger partial charge in [0.1, 0.15) is 0 Å². The number of hydrogen-bond donors (Lipinski definition) is 1. The molecule has 1 heterocycles. The molecular weight excluding hydrogens is 252 g/mol. The van der Waals surface area contributed by atoms with Gasteiger partial charge >= 0.3 is 0 Å². The van der Waals surface area contributed by atoms with Gasteiger partial charge in [0.25, 0.3) is 5.91 Å². The largest absolute Gasteiger partial charge is 0.378 e. The molecule has 0 saturated carbocycles. The summed E-state index contributed by atoms with van der Waals surface area (Å²) in [4.78, 5) is 17.9. The highest BCUT2D eigenvalue weighted by atomic mass is 16.1. The number of rotatable bonds is 6. The summed E-state index contributed by atoms with van der Waals surface area (Å²) in [7, 11) is 3.95. The molecule has 106 valence electrons. The van der Waals surface area contributed by atoms with Crippen molar-refractivity contribution in [1.82, 2.24) is 14.9 Å². The number of aromatic nitrogens is 2. The zero-order valence-corrected chi connectivity index (χ0v) is 11.9. The van der Waals surface area contributed by atoms with Gasteiger partial charge in [-0.3, -0.25) is 4.79 Å². The van der Waals surface area contributed by atoms with Crippen molar-refractivity contribution in [1.29, 1.82) is 0 Å². The summed E-state index contributed by atoms with van der Waals surface area (Å²) in [6, 6.07) is 7.59. The number of hydrogen-bond acceptors (Lipinski definition) is 3. The maximum absolute atomic E-state index is 11.9. The van der Waals surface area contributed by atoms with Crippen molar-refractivity contribution in [3.63, 3.8) is 0 Å². The Kier molecular flexibility index (Phi) is 4.76. The molecule has 5 heteroatoms. The van der Waals surface area contributed by atoms with Crippen molar-refractivity contribution >= 4 is 11.6 Å². The molecule has 2 rings (SSSR count). The Morgan fingerprint density at radius 1 is 1.30 bits per heavy atom. The predicted octanol–water partition coefficient (Wildman–Crippen LogP) is 1.77. The van der Waals surface area contributed by atoms with Gasteiger partial charge in [0, 0.05) is 50.8 Å². The molecule has 0 aliphatic heterocycles. The van der Waals surface area contributed by atoms with Gasteiger partial charge in [0.2, 0.25) is 0 Å². The number of benzene rings is 1. The zero-order valence-electron chi connectivity index (χ0n) is 11.9. The number of nitrogens with one attached hydrogen (secondary N) is 1. The summed E-state index contributed by atoms with van der Waals surface area (Å²) >= 11 is 0. The Labute approximate surface area is 119 Å². The van der Waals surface area contributed by atoms with Crippen molar-refractivity contribution in [3.8, 4) is 0 Å². The molecule has 0 aliphatic rings. The SMILES string of the molecule is CN(C)c1ccc(C(=O)NCCCn2ccnc2)cc1. The van der Waals surface area contributed by atoms with Crippen LogP contribution < -0.4 is 10.2 Å². The summed E-state index contributed by atoms with van der Waals surface area (Å²) < 4.78 is 2.00. The first-order valence-corrected chi connectivity index (χ1v) is 6.68. The second-order valence-electron chi connectivity index (χ2n) is 4.85. The minimum atomic E-state index is -0.0269. The molecule has 20 heavy (non-hydrogen) atoms. The van der Waals surface area contributed by atoms with Gasteiger partial charge in [0.15, 0.2) is 0 Å². The summed E-state index contributed by atoms with van der Waals surface area (Å²) in [6.45, 7) is 1.52. The minimum absolute atomic E-state index is 0.0269. The molecule has 0 radical (unpaired) electrons. The number of nitrogens with zero attached hydrogens (tertiary/aromatic N) is 3. The second-order valence-corrected chi connectivity index (χ2v) is 4.85. The van der Waals surface area contributed by atoms with E-state index in [9.17, 15) is 4.79 Å². The third kappa shape index (κ3) is 3.85. The smallest absolute Gasteiger partial charge is 0.251 e. The normalized spacial score (nSPS) is 10.3. The van der Waals surface area contributed by atoms with Crippen LogP contribution in [0.25, 0.3) is 0 Å². The van der Waals surface area contributed by atoms with Crippen LogP contribution in [0.5, 0.6) is 0 Å². The van der Waals surface area contributed by atoms with Crippen LogP contribution in [0.4, 0.5) is 5.69 Å². The molecule has 2 aromatic rings. The Balaban J connectivity index is 1.76. The first-order valence-electron chi connectivity index (χ1n) is 6.68. The Hall–Kier alpha value is -2.30. The van der Waals surface area contributed by atoms with E-state index in [0.717, 1.165) is 18.7 Å². The zero-order chi connectivity index (χ0) is 14.4. The first kappa shape index (κ1) is 14.1. The van der Waals surface area contributed by atoms with Gasteiger partial charge < -0.3 is 14.8 Å². The molecular formula is C15H20N4O. The van der Waals surface area contributed by atoms with Crippen LogP contribution in [0.3, 0.4) is 0 Å². The monoisotopic (exact) mass is 272 g/mol. The van der Waals surface area contributed by atoms with Crippen LogP contribution in [0, 0.1) is 0 Å². The molecule has 1 aromatic carbocycles. The van der Waals surface area contributed by atoms with E-state index in [2.05, 4.69) is 10.3 Å². The standard InChI is InChI=1S/C15H20N4O/c1-18(2)14-6-4-13(5-7-14)15(20)17-8-3-10-19-11-9-16-12-19/h4-7,9,11-12H,3,8,10H2,1-2H3,(H,17,20). The fourth-order valence-corrected chi connectivity index (χ4v) is 1.90. The van der Waals surface area contributed by atoms with Crippen LogP contribution >= 0.6 is 0 Å². The lowest BCUT2D eigenvalue weighted by Crippen LogP contribution is -2.25. The Morgan fingerprint density at radius 3 is 2.65 bits per heavy atom. The van der Waals surface area contributed by atoms with Gasteiger partial charge in [-0.15, -0.1) is 0 Å². The molecule has 0 spiro atoms. The van der Waals surface area contributed by atoms with Crippen LogP contribution in [0.2, 0.25) is 0 Å². The summed E-state index contributed by atoms with van der Waals surface area (Å²) in [5.41, 5.74) is 1.78. The van der Waals surface area contributed by atoms with Crippen LogP contribution in [0.1, 0.15) is 16.8 Å². The van der Waals surface area contributed by atoms with E-state index >= 15 is 0 Å². The minimum Gasteiger partial charge on any atom is -0.378 e. The third-order valence-electron chi connectivity index (χ3n) is 3.08. The molecule has 0 fully saturated rings. The number of carbonyl (C=O) groups is 1. The van der Waals surface area contributed by atoms with E-state index in [1.54, 1.807) is 12.5 Å². The van der Waals surface area contributed by atoms with E-state index in [1.807, 2.05) is 54.0 Å². The summed E-state index contributed by atoms with van der Waals surface area (Å²) in [5.74, 6) is -0.0269. The number of amides is 1. The summed E-state index contributed by atoms with van der Waals surface area (Å²) in [5, 5.41) is 2.92.